The van der Waals surface area contributed by atoms with Crippen molar-refractivity contribution in [1.29, 1.82) is 0 Å². The number of hydrogen-bond donors (Lipinski definition) is 1. The van der Waals surface area contributed by atoms with Crippen molar-refractivity contribution in [2.45, 2.75) is 0 Å². The molecule has 0 aromatic heterocycles. The monoisotopic (exact) mass is 151 g/mol. The normalized spacial score (nSPS) is 9.18. The Hall–Kier alpha value is -1.55. The number of nitrogens with zero attached hydrogens (tertiary/aromatic N) is 1. The van der Waals surface area contributed by atoms with Crippen LogP contribution >= 0.6 is 0 Å². The van der Waals surface area contributed by atoms with E-state index < -0.39 is 0 Å². The van der Waals surface area contributed by atoms with Crippen LogP contribution in [0.4, 0.5) is 11.4 Å². The van der Waals surface area contributed by atoms with Gasteiger partial charge in [-0.05, 0) is 12.1 Å². The van der Waals surface area contributed by atoms with Gasteiger partial charge in [-0.1, -0.05) is 12.1 Å². The van der Waals surface area contributed by atoms with Gasteiger partial charge in [-0.15, -0.1) is 0 Å². The number of rotatable bonds is 2. The number of amides is 1. The quantitative estimate of drug-likeness (QED) is 0.385. The molecule has 0 spiro atoms. The van der Waals surface area contributed by atoms with E-state index in [0.717, 1.165) is 0 Å². The lowest BCUT2D eigenvalue weighted by Gasteiger charge is -2.23. The van der Waals surface area contributed by atoms with Crippen molar-refractivity contribution in [2.24, 2.45) is 0 Å². The molecule has 0 unspecified atom stereocenters. The number of nitrogens with two attached hydrogens (primary N) is 1. The number of benzene rings is 1. The standard InChI is InChI=1S/C7H7N2O2/c8-6-3-1-2-4-7(6)9(11)5-10/h1-5H,8H2/q-1. The Bertz CT molecular complexity index is 262. The number of hydroxylamine groups is 1. The highest BCUT2D eigenvalue weighted by Gasteiger charge is 1.96. The number of nitrogen functional groups attached to an aromatic ring is 1. The fraction of sp³-hybridized carbons (Fsp3) is 0. The fourth-order valence-corrected chi connectivity index (χ4v) is 0.745. The summed E-state index contributed by atoms with van der Waals surface area (Å²) in [6.45, 7) is 0. The minimum absolute atomic E-state index is 0.172. The molecule has 0 bridgehead atoms. The third-order valence-corrected chi connectivity index (χ3v) is 1.27. The summed E-state index contributed by atoms with van der Waals surface area (Å²) in [6, 6.07) is 6.37. The number of para-hydroxylation sites is 2. The molecule has 2 N–H and O–H groups in total. The van der Waals surface area contributed by atoms with E-state index >= 15 is 0 Å². The number of anilines is 2. The third kappa shape index (κ3) is 1.47. The van der Waals surface area contributed by atoms with Gasteiger partial charge in [0.1, 0.15) is 0 Å². The molecule has 0 radical (unpaired) electrons. The number of carbonyl (C=O) groups is 1. The molecule has 0 aliphatic carbocycles. The SMILES string of the molecule is Nc1ccccc1N([O-])C=O. The van der Waals surface area contributed by atoms with Gasteiger partial charge in [-0.2, -0.15) is 0 Å². The molecule has 1 rings (SSSR count). The van der Waals surface area contributed by atoms with Gasteiger partial charge in [0.15, 0.2) is 0 Å². The van der Waals surface area contributed by atoms with E-state index in [1.807, 2.05) is 0 Å². The summed E-state index contributed by atoms with van der Waals surface area (Å²) in [4.78, 5) is 10.0. The van der Waals surface area contributed by atoms with Crippen molar-refractivity contribution in [3.8, 4) is 0 Å². The summed E-state index contributed by atoms with van der Waals surface area (Å²) >= 11 is 0. The van der Waals surface area contributed by atoms with Crippen molar-refractivity contribution < 1.29 is 4.79 Å². The molecule has 0 fully saturated rings. The van der Waals surface area contributed by atoms with Crippen LogP contribution in [0.15, 0.2) is 24.3 Å². The smallest absolute Gasteiger partial charge is 0.203 e. The van der Waals surface area contributed by atoms with Crippen molar-refractivity contribution in [3.63, 3.8) is 0 Å². The molecule has 0 saturated carbocycles. The van der Waals surface area contributed by atoms with Crippen LogP contribution in [0.25, 0.3) is 0 Å². The van der Waals surface area contributed by atoms with Crippen LogP contribution in [0.2, 0.25) is 0 Å². The molecule has 4 heteroatoms. The van der Waals surface area contributed by atoms with E-state index in [1.54, 1.807) is 18.2 Å². The van der Waals surface area contributed by atoms with E-state index in [-0.39, 0.29) is 17.2 Å². The zero-order chi connectivity index (χ0) is 8.27. The average Bonchev–Trinajstić information content (AvgIpc) is 2.04. The first-order valence-corrected chi connectivity index (χ1v) is 3.02. The lowest BCUT2D eigenvalue weighted by atomic mass is 10.3. The molecule has 11 heavy (non-hydrogen) atoms. The molecule has 1 amide bonds. The number of hydrogen-bond acceptors (Lipinski definition) is 3. The van der Waals surface area contributed by atoms with Crippen molar-refractivity contribution >= 4 is 17.8 Å². The van der Waals surface area contributed by atoms with Gasteiger partial charge in [0.25, 0.3) is 0 Å². The predicted octanol–water partition coefficient (Wildman–Crippen LogP) is 0.729. The van der Waals surface area contributed by atoms with E-state index in [2.05, 4.69) is 0 Å². The minimum atomic E-state index is 0.172. The molecule has 1 aromatic carbocycles. The van der Waals surface area contributed by atoms with Crippen LogP contribution in [-0.2, 0) is 4.79 Å². The van der Waals surface area contributed by atoms with Gasteiger partial charge in [0.05, 0.1) is 11.4 Å². The topological polar surface area (TPSA) is 69.4 Å². The second-order valence-corrected chi connectivity index (χ2v) is 1.99. The van der Waals surface area contributed by atoms with E-state index in [1.165, 1.54) is 6.07 Å². The van der Waals surface area contributed by atoms with Gasteiger partial charge in [-0.3, -0.25) is 4.79 Å². The van der Waals surface area contributed by atoms with Gasteiger partial charge in [0, 0.05) is 0 Å². The van der Waals surface area contributed by atoms with Crippen molar-refractivity contribution in [2.75, 3.05) is 10.8 Å². The molecule has 0 aliphatic heterocycles. The highest BCUT2D eigenvalue weighted by atomic mass is 16.5. The minimum Gasteiger partial charge on any atom is -0.752 e. The molecule has 1 aromatic rings. The second-order valence-electron chi connectivity index (χ2n) is 1.99. The van der Waals surface area contributed by atoms with Gasteiger partial charge in [-0.25, -0.2) is 0 Å². The molecule has 4 nitrogen and oxygen atoms in total. The van der Waals surface area contributed by atoms with Gasteiger partial charge in [0.2, 0.25) is 6.41 Å². The third-order valence-electron chi connectivity index (χ3n) is 1.27. The molecule has 0 atom stereocenters. The Morgan fingerprint density at radius 3 is 2.64 bits per heavy atom. The first-order valence-electron chi connectivity index (χ1n) is 3.02. The average molecular weight is 151 g/mol. The molecule has 0 heterocycles. The Balaban J connectivity index is 3.02. The Morgan fingerprint density at radius 2 is 2.09 bits per heavy atom. The van der Waals surface area contributed by atoms with Crippen LogP contribution in [0, 0.1) is 5.21 Å². The Kier molecular flexibility index (Phi) is 2.08. The number of carbonyl (C=O) groups excluding carboxylic acids is 1. The van der Waals surface area contributed by atoms with E-state index in [9.17, 15) is 10.0 Å². The first kappa shape index (κ1) is 7.56. The van der Waals surface area contributed by atoms with Crippen LogP contribution in [-0.4, -0.2) is 6.41 Å². The molecule has 0 saturated heterocycles. The van der Waals surface area contributed by atoms with Gasteiger partial charge < -0.3 is 16.0 Å². The summed E-state index contributed by atoms with van der Waals surface area (Å²) in [5.41, 5.74) is 5.88. The van der Waals surface area contributed by atoms with Crippen LogP contribution in [0.3, 0.4) is 0 Å². The fourth-order valence-electron chi connectivity index (χ4n) is 0.745. The lowest BCUT2D eigenvalue weighted by molar-refractivity contribution is -0.106. The largest absolute Gasteiger partial charge is 0.752 e. The predicted molar refractivity (Wildman–Crippen MR) is 42.8 cm³/mol. The molecular weight excluding hydrogens is 144 g/mol. The van der Waals surface area contributed by atoms with Crippen LogP contribution < -0.4 is 10.8 Å². The van der Waals surface area contributed by atoms with Gasteiger partial charge >= 0.3 is 0 Å². The molecular formula is C7H7N2O2-. The first-order chi connectivity index (χ1) is 5.25. The summed E-state index contributed by atoms with van der Waals surface area (Å²) in [5, 5.41) is 10.9. The zero-order valence-electron chi connectivity index (χ0n) is 5.73. The van der Waals surface area contributed by atoms with Crippen LogP contribution in [0.5, 0.6) is 0 Å². The second kappa shape index (κ2) is 3.03. The maximum Gasteiger partial charge on any atom is 0.203 e. The highest BCUT2D eigenvalue weighted by Crippen LogP contribution is 2.19. The van der Waals surface area contributed by atoms with E-state index in [0.29, 0.717) is 5.69 Å². The van der Waals surface area contributed by atoms with Crippen molar-refractivity contribution in [1.82, 2.24) is 0 Å². The molecule has 58 valence electrons. The summed E-state index contributed by atoms with van der Waals surface area (Å²) in [6.07, 6.45) is 0.172. The van der Waals surface area contributed by atoms with Crippen LogP contribution in [0.1, 0.15) is 0 Å². The Labute approximate surface area is 63.8 Å². The lowest BCUT2D eigenvalue weighted by Crippen LogP contribution is -2.12. The summed E-state index contributed by atoms with van der Waals surface area (Å²) in [5.74, 6) is 0. The van der Waals surface area contributed by atoms with E-state index in [4.69, 9.17) is 5.73 Å². The molecule has 0 aliphatic rings. The summed E-state index contributed by atoms with van der Waals surface area (Å²) < 4.78 is 0. The summed E-state index contributed by atoms with van der Waals surface area (Å²) in [7, 11) is 0. The maximum absolute atomic E-state index is 10.7. The van der Waals surface area contributed by atoms with Crippen molar-refractivity contribution in [3.05, 3.63) is 29.5 Å². The highest BCUT2D eigenvalue weighted by molar-refractivity contribution is 5.82. The maximum atomic E-state index is 10.7. The Morgan fingerprint density at radius 1 is 1.45 bits per heavy atom. The zero-order valence-corrected chi connectivity index (χ0v) is 5.73.